The molecule has 0 aliphatic carbocycles. The van der Waals surface area contributed by atoms with Gasteiger partial charge in [0.25, 0.3) is 0 Å². The van der Waals surface area contributed by atoms with Crippen LogP contribution in [0.1, 0.15) is 37.7 Å². The second-order valence-corrected chi connectivity index (χ2v) is 9.74. The predicted octanol–water partition coefficient (Wildman–Crippen LogP) is 3.77. The van der Waals surface area contributed by atoms with E-state index in [0.29, 0.717) is 12.1 Å². The standard InChI is InChI=1S/C25H28N2O6S/c1-17-14-23(18(2)27(17)13-12-19-8-10-22(32-3)11-9-19)24(28)16-33-25(29)20-6-5-7-21(15-20)26-34(4,30)31/h5-11,14-15,26H,12-13,16H2,1-4H3. The molecule has 0 radical (unpaired) electrons. The molecule has 8 nitrogen and oxygen atoms in total. The number of esters is 1. The molecule has 0 atom stereocenters. The summed E-state index contributed by atoms with van der Waals surface area (Å²) in [4.78, 5) is 25.2. The number of carbonyl (C=O) groups is 2. The quantitative estimate of drug-likeness (QED) is 0.347. The van der Waals surface area contributed by atoms with Gasteiger partial charge >= 0.3 is 5.97 Å². The van der Waals surface area contributed by atoms with Crippen molar-refractivity contribution in [2.45, 2.75) is 26.8 Å². The number of aromatic nitrogens is 1. The highest BCUT2D eigenvalue weighted by molar-refractivity contribution is 7.92. The summed E-state index contributed by atoms with van der Waals surface area (Å²) in [5.74, 6) is -0.209. The van der Waals surface area contributed by atoms with Crippen molar-refractivity contribution >= 4 is 27.5 Å². The molecule has 0 saturated carbocycles. The topological polar surface area (TPSA) is 104 Å². The van der Waals surface area contributed by atoms with E-state index < -0.39 is 22.6 Å². The minimum Gasteiger partial charge on any atom is -0.497 e. The molecule has 2 aromatic carbocycles. The maximum Gasteiger partial charge on any atom is 0.338 e. The first-order valence-corrected chi connectivity index (χ1v) is 12.5. The van der Waals surface area contributed by atoms with Gasteiger partial charge in [0.15, 0.2) is 6.61 Å². The molecule has 0 unspecified atom stereocenters. The highest BCUT2D eigenvalue weighted by Gasteiger charge is 2.18. The van der Waals surface area contributed by atoms with Gasteiger partial charge in [-0.2, -0.15) is 0 Å². The summed E-state index contributed by atoms with van der Waals surface area (Å²) in [5, 5.41) is 0. The Kier molecular flexibility index (Phi) is 7.78. The maximum absolute atomic E-state index is 12.8. The van der Waals surface area contributed by atoms with Crippen LogP contribution in [0.15, 0.2) is 54.6 Å². The Bertz CT molecular complexity index is 1290. The average Bonchev–Trinajstić information content (AvgIpc) is 3.08. The van der Waals surface area contributed by atoms with E-state index >= 15 is 0 Å². The fraction of sp³-hybridized carbons (Fsp3) is 0.280. The molecule has 0 bridgehead atoms. The molecule has 3 aromatic rings. The van der Waals surface area contributed by atoms with Gasteiger partial charge in [-0.1, -0.05) is 18.2 Å². The lowest BCUT2D eigenvalue weighted by Gasteiger charge is -2.11. The smallest absolute Gasteiger partial charge is 0.338 e. The van der Waals surface area contributed by atoms with E-state index in [2.05, 4.69) is 9.29 Å². The largest absolute Gasteiger partial charge is 0.497 e. The first kappa shape index (κ1) is 25.0. The van der Waals surface area contributed by atoms with Crippen molar-refractivity contribution in [1.29, 1.82) is 0 Å². The second kappa shape index (κ2) is 10.6. The molecule has 1 N–H and O–H groups in total. The summed E-state index contributed by atoms with van der Waals surface area (Å²) >= 11 is 0. The lowest BCUT2D eigenvalue weighted by molar-refractivity contribution is 0.0474. The van der Waals surface area contributed by atoms with Gasteiger partial charge in [-0.25, -0.2) is 13.2 Å². The number of hydrogen-bond acceptors (Lipinski definition) is 6. The van der Waals surface area contributed by atoms with Gasteiger partial charge in [0.1, 0.15) is 5.75 Å². The van der Waals surface area contributed by atoms with E-state index in [1.807, 2.05) is 38.1 Å². The Morgan fingerprint density at radius 2 is 1.74 bits per heavy atom. The molecule has 9 heteroatoms. The number of carbonyl (C=O) groups excluding carboxylic acids is 2. The number of ether oxygens (including phenoxy) is 2. The van der Waals surface area contributed by atoms with Crippen molar-refractivity contribution in [2.75, 3.05) is 24.7 Å². The van der Waals surface area contributed by atoms with Gasteiger partial charge in [-0.05, 0) is 62.2 Å². The summed E-state index contributed by atoms with van der Waals surface area (Å²) in [6, 6.07) is 15.6. The minimum absolute atomic E-state index is 0.145. The van der Waals surface area contributed by atoms with Crippen LogP contribution in [0.4, 0.5) is 5.69 Å². The third kappa shape index (κ3) is 6.48. The third-order valence-corrected chi connectivity index (χ3v) is 6.00. The van der Waals surface area contributed by atoms with Crippen molar-refractivity contribution in [2.24, 2.45) is 0 Å². The van der Waals surface area contributed by atoms with Crippen LogP contribution in [-0.2, 0) is 27.7 Å². The Morgan fingerprint density at radius 3 is 2.38 bits per heavy atom. The average molecular weight is 485 g/mol. The summed E-state index contributed by atoms with van der Waals surface area (Å²) in [5.41, 5.74) is 3.80. The second-order valence-electron chi connectivity index (χ2n) is 7.99. The van der Waals surface area contributed by atoms with Gasteiger partial charge in [0.2, 0.25) is 15.8 Å². The van der Waals surface area contributed by atoms with Crippen LogP contribution in [0, 0.1) is 13.8 Å². The van der Waals surface area contributed by atoms with Crippen LogP contribution in [0.2, 0.25) is 0 Å². The molecular weight excluding hydrogens is 456 g/mol. The van der Waals surface area contributed by atoms with Gasteiger partial charge < -0.3 is 14.0 Å². The van der Waals surface area contributed by atoms with Crippen molar-refractivity contribution in [3.63, 3.8) is 0 Å². The highest BCUT2D eigenvalue weighted by Crippen LogP contribution is 2.19. The van der Waals surface area contributed by atoms with E-state index in [0.717, 1.165) is 35.4 Å². The summed E-state index contributed by atoms with van der Waals surface area (Å²) in [7, 11) is -1.85. The zero-order valence-electron chi connectivity index (χ0n) is 19.6. The number of nitrogens with one attached hydrogen (secondary N) is 1. The van der Waals surface area contributed by atoms with Crippen LogP contribution in [0.3, 0.4) is 0 Å². The molecule has 0 fully saturated rings. The van der Waals surface area contributed by atoms with E-state index in [1.54, 1.807) is 13.2 Å². The van der Waals surface area contributed by atoms with E-state index in [-0.39, 0.29) is 17.0 Å². The maximum atomic E-state index is 12.8. The van der Waals surface area contributed by atoms with Crippen molar-refractivity contribution in [3.8, 4) is 5.75 Å². The molecule has 0 amide bonds. The Balaban J connectivity index is 1.63. The number of anilines is 1. The Labute approximate surface area is 199 Å². The molecule has 34 heavy (non-hydrogen) atoms. The van der Waals surface area contributed by atoms with Gasteiger partial charge in [0, 0.05) is 29.2 Å². The molecule has 3 rings (SSSR count). The molecule has 0 spiro atoms. The number of Topliss-reactive ketones (excluding diaryl/α,β-unsaturated/α-hetero) is 1. The number of ketones is 1. The van der Waals surface area contributed by atoms with Gasteiger partial charge in [-0.15, -0.1) is 0 Å². The Morgan fingerprint density at radius 1 is 1.03 bits per heavy atom. The van der Waals surface area contributed by atoms with Crippen LogP contribution >= 0.6 is 0 Å². The number of sulfonamides is 1. The number of nitrogens with zero attached hydrogens (tertiary/aromatic N) is 1. The molecular formula is C25H28N2O6S. The summed E-state index contributed by atoms with van der Waals surface area (Å²) in [6.07, 6.45) is 1.81. The minimum atomic E-state index is -3.48. The number of rotatable bonds is 10. The van der Waals surface area contributed by atoms with E-state index in [4.69, 9.17) is 9.47 Å². The van der Waals surface area contributed by atoms with Crippen LogP contribution in [-0.4, -0.2) is 44.7 Å². The molecule has 1 aromatic heterocycles. The van der Waals surface area contributed by atoms with Gasteiger partial charge in [-0.3, -0.25) is 9.52 Å². The zero-order chi connectivity index (χ0) is 24.9. The first-order chi connectivity index (χ1) is 16.1. The third-order valence-electron chi connectivity index (χ3n) is 5.39. The van der Waals surface area contributed by atoms with E-state index in [9.17, 15) is 18.0 Å². The SMILES string of the molecule is COc1ccc(CCn2c(C)cc(C(=O)COC(=O)c3cccc(NS(C)(=O)=O)c3)c2C)cc1. The zero-order valence-corrected chi connectivity index (χ0v) is 20.4. The number of benzene rings is 2. The normalized spacial score (nSPS) is 11.2. The lowest BCUT2D eigenvalue weighted by atomic mass is 10.1. The van der Waals surface area contributed by atoms with Gasteiger partial charge in [0.05, 0.1) is 18.9 Å². The number of methoxy groups -OCH3 is 1. The fourth-order valence-corrected chi connectivity index (χ4v) is 4.23. The number of aryl methyl sites for hydroxylation is 2. The molecule has 1 heterocycles. The molecule has 0 aliphatic heterocycles. The Hall–Kier alpha value is -3.59. The van der Waals surface area contributed by atoms with E-state index in [1.165, 1.54) is 24.3 Å². The molecule has 0 aliphatic rings. The molecule has 180 valence electrons. The van der Waals surface area contributed by atoms with Crippen molar-refractivity contribution in [3.05, 3.63) is 82.7 Å². The fourth-order valence-electron chi connectivity index (χ4n) is 3.68. The van der Waals surface area contributed by atoms with Crippen molar-refractivity contribution in [1.82, 2.24) is 4.57 Å². The predicted molar refractivity (Wildman–Crippen MR) is 130 cm³/mol. The monoisotopic (exact) mass is 484 g/mol. The highest BCUT2D eigenvalue weighted by atomic mass is 32.2. The van der Waals surface area contributed by atoms with Crippen molar-refractivity contribution < 1.29 is 27.5 Å². The van der Waals surface area contributed by atoms with Crippen LogP contribution in [0.5, 0.6) is 5.75 Å². The number of hydrogen-bond donors (Lipinski definition) is 1. The van der Waals surface area contributed by atoms with Crippen LogP contribution in [0.25, 0.3) is 0 Å². The summed E-state index contributed by atoms with van der Waals surface area (Å²) < 4.78 is 37.5. The van der Waals surface area contributed by atoms with Crippen LogP contribution < -0.4 is 9.46 Å². The first-order valence-electron chi connectivity index (χ1n) is 10.6. The summed E-state index contributed by atoms with van der Waals surface area (Å²) in [6.45, 7) is 4.10. The molecule has 0 saturated heterocycles. The lowest BCUT2D eigenvalue weighted by Crippen LogP contribution is -2.16.